The number of methoxy groups -OCH3 is 2. The Morgan fingerprint density at radius 3 is 2.54 bits per heavy atom. The molecule has 0 unspecified atom stereocenters. The first-order valence-electron chi connectivity index (χ1n) is 12.1. The van der Waals surface area contributed by atoms with Crippen molar-refractivity contribution in [1.82, 2.24) is 35.0 Å². The predicted molar refractivity (Wildman–Crippen MR) is 142 cm³/mol. The quantitative estimate of drug-likeness (QED) is 0.258. The zero-order valence-electron chi connectivity index (χ0n) is 21.1. The van der Waals surface area contributed by atoms with Crippen molar-refractivity contribution in [2.75, 3.05) is 37.9 Å². The number of halogens is 1. The van der Waals surface area contributed by atoms with E-state index in [0.717, 1.165) is 24.2 Å². The number of benzene rings is 2. The lowest BCUT2D eigenvalue weighted by molar-refractivity contribution is 0.379. The van der Waals surface area contributed by atoms with E-state index in [9.17, 15) is 0 Å². The summed E-state index contributed by atoms with van der Waals surface area (Å²) >= 11 is 0. The molecule has 0 saturated carbocycles. The highest BCUT2D eigenvalue weighted by atomic mass is 19.1. The van der Waals surface area contributed by atoms with E-state index in [1.54, 1.807) is 48.6 Å². The molecule has 0 spiro atoms. The minimum absolute atomic E-state index is 0.233. The van der Waals surface area contributed by atoms with Gasteiger partial charge in [-0.15, -0.1) is 5.10 Å². The molecule has 0 radical (unpaired) electrons. The van der Waals surface area contributed by atoms with Gasteiger partial charge in [0.1, 0.15) is 35.1 Å². The molecule has 0 atom stereocenters. The fourth-order valence-corrected chi connectivity index (χ4v) is 4.02. The molecule has 198 valence electrons. The number of nitrogens with one attached hydrogen (secondary N) is 3. The number of anilines is 3. The lowest BCUT2D eigenvalue weighted by atomic mass is 10.1. The van der Waals surface area contributed by atoms with Gasteiger partial charge in [-0.25, -0.2) is 29.0 Å². The van der Waals surface area contributed by atoms with Gasteiger partial charge in [0.25, 0.3) is 0 Å². The summed E-state index contributed by atoms with van der Waals surface area (Å²) in [6.07, 6.45) is 6.25. The minimum Gasteiger partial charge on any atom is -0.495 e. The van der Waals surface area contributed by atoms with Crippen LogP contribution in [0.4, 0.5) is 21.6 Å². The molecule has 1 aliphatic heterocycles. The van der Waals surface area contributed by atoms with Crippen molar-refractivity contribution < 1.29 is 18.6 Å². The summed E-state index contributed by atoms with van der Waals surface area (Å²) in [7, 11) is 3.10. The van der Waals surface area contributed by atoms with E-state index in [4.69, 9.17) is 14.2 Å². The molecular formula is C26H24FN9O3. The Hall–Kier alpha value is -5.04. The second-order valence-corrected chi connectivity index (χ2v) is 8.69. The number of ether oxygens (including phenoxy) is 3. The third kappa shape index (κ3) is 5.07. The van der Waals surface area contributed by atoms with Gasteiger partial charge < -0.3 is 30.2 Å². The summed E-state index contributed by atoms with van der Waals surface area (Å²) in [6, 6.07) is 10.5. The largest absolute Gasteiger partial charge is 0.495 e. The van der Waals surface area contributed by atoms with Crippen molar-refractivity contribution in [1.29, 1.82) is 0 Å². The highest BCUT2D eigenvalue weighted by Crippen LogP contribution is 2.34. The van der Waals surface area contributed by atoms with Gasteiger partial charge in [0.2, 0.25) is 5.88 Å². The van der Waals surface area contributed by atoms with Gasteiger partial charge in [-0.05, 0) is 18.2 Å². The first-order chi connectivity index (χ1) is 19.1. The van der Waals surface area contributed by atoms with Crippen LogP contribution in [0.3, 0.4) is 0 Å². The molecule has 5 aromatic rings. The number of fused-ring (bicyclic) bond motifs is 1. The molecule has 6 rings (SSSR count). The summed E-state index contributed by atoms with van der Waals surface area (Å²) in [5.74, 6) is 1.18. The van der Waals surface area contributed by atoms with Crippen molar-refractivity contribution >= 4 is 28.1 Å². The Bertz CT molecular complexity index is 1620. The lowest BCUT2D eigenvalue weighted by Crippen LogP contribution is -2.51. The van der Waals surface area contributed by atoms with Gasteiger partial charge in [-0.2, -0.15) is 0 Å². The smallest absolute Gasteiger partial charge is 0.316 e. The van der Waals surface area contributed by atoms with Gasteiger partial charge in [0.15, 0.2) is 0 Å². The molecule has 1 saturated heterocycles. The van der Waals surface area contributed by atoms with E-state index >= 15 is 4.39 Å². The van der Waals surface area contributed by atoms with Crippen molar-refractivity contribution in [3.8, 4) is 29.1 Å². The van der Waals surface area contributed by atoms with E-state index < -0.39 is 5.82 Å². The number of hydrogen-bond donors (Lipinski definition) is 3. The highest BCUT2D eigenvalue weighted by molar-refractivity contribution is 5.95. The Balaban J connectivity index is 1.20. The Morgan fingerprint density at radius 2 is 1.82 bits per heavy atom. The van der Waals surface area contributed by atoms with Crippen LogP contribution >= 0.6 is 0 Å². The van der Waals surface area contributed by atoms with Crippen LogP contribution in [0.1, 0.15) is 0 Å². The second kappa shape index (κ2) is 10.4. The van der Waals surface area contributed by atoms with Crippen molar-refractivity contribution in [2.45, 2.75) is 6.04 Å². The lowest BCUT2D eigenvalue weighted by Gasteiger charge is -2.29. The molecule has 39 heavy (non-hydrogen) atoms. The molecule has 3 aromatic heterocycles. The summed E-state index contributed by atoms with van der Waals surface area (Å²) in [5.41, 5.74) is 2.34. The normalized spacial score (nSPS) is 13.1. The Kier molecular flexibility index (Phi) is 6.47. The SMILES string of the molecule is COc1ncc(-n2ccc(Oc3ccc(Nc4ncnc5cc(OC)c(NC6CNC6)cc45)c(F)c3)n2)cn1. The van der Waals surface area contributed by atoms with E-state index in [2.05, 4.69) is 41.0 Å². The van der Waals surface area contributed by atoms with E-state index in [0.29, 0.717) is 28.8 Å². The van der Waals surface area contributed by atoms with Crippen LogP contribution in [0.2, 0.25) is 0 Å². The molecule has 12 nitrogen and oxygen atoms in total. The topological polar surface area (TPSA) is 133 Å². The molecule has 4 heterocycles. The van der Waals surface area contributed by atoms with E-state index in [-0.39, 0.29) is 23.3 Å². The molecule has 2 aromatic carbocycles. The summed E-state index contributed by atoms with van der Waals surface area (Å²) in [5, 5.41) is 14.8. The number of hydrogen-bond acceptors (Lipinski definition) is 11. The average Bonchev–Trinajstić information content (AvgIpc) is 3.40. The average molecular weight is 530 g/mol. The maximum absolute atomic E-state index is 15.1. The minimum atomic E-state index is -0.519. The fourth-order valence-electron chi connectivity index (χ4n) is 4.02. The molecule has 13 heteroatoms. The maximum Gasteiger partial charge on any atom is 0.316 e. The second-order valence-electron chi connectivity index (χ2n) is 8.69. The summed E-state index contributed by atoms with van der Waals surface area (Å²) < 4.78 is 32.9. The first kappa shape index (κ1) is 24.3. The van der Waals surface area contributed by atoms with Crippen LogP contribution in [0.25, 0.3) is 16.6 Å². The van der Waals surface area contributed by atoms with Crippen LogP contribution in [0.5, 0.6) is 23.4 Å². The van der Waals surface area contributed by atoms with E-state index in [1.807, 2.05) is 12.1 Å². The summed E-state index contributed by atoms with van der Waals surface area (Å²) in [4.78, 5) is 16.8. The third-order valence-corrected chi connectivity index (χ3v) is 6.14. The molecular weight excluding hydrogens is 505 g/mol. The van der Waals surface area contributed by atoms with Gasteiger partial charge >= 0.3 is 6.01 Å². The first-order valence-corrected chi connectivity index (χ1v) is 12.1. The van der Waals surface area contributed by atoms with Crippen LogP contribution in [-0.2, 0) is 0 Å². The number of aromatic nitrogens is 6. The van der Waals surface area contributed by atoms with Crippen molar-refractivity contribution in [3.05, 3.63) is 67.1 Å². The van der Waals surface area contributed by atoms with Crippen molar-refractivity contribution in [2.24, 2.45) is 0 Å². The maximum atomic E-state index is 15.1. The van der Waals surface area contributed by atoms with Gasteiger partial charge in [0.05, 0.1) is 49.5 Å². The molecule has 0 bridgehead atoms. The molecule has 3 N–H and O–H groups in total. The Morgan fingerprint density at radius 1 is 0.974 bits per heavy atom. The van der Waals surface area contributed by atoms with Crippen molar-refractivity contribution in [3.63, 3.8) is 0 Å². The third-order valence-electron chi connectivity index (χ3n) is 6.14. The fraction of sp³-hybridized carbons (Fsp3) is 0.192. The van der Waals surface area contributed by atoms with Gasteiger partial charge in [-0.1, -0.05) is 0 Å². The standard InChI is InChI=1S/C26H24FN9O3/c1-37-23-9-21-18(8-22(23)33-15-10-28-11-15)25(32-14-31-21)34-20-4-3-17(7-19(20)27)39-24-5-6-36(35-24)16-12-29-26(38-2)30-13-16/h3-9,12-15,28,33H,10-11H2,1-2H3,(H,31,32,34). The number of nitrogens with zero attached hydrogens (tertiary/aromatic N) is 6. The van der Waals surface area contributed by atoms with Crippen LogP contribution < -0.4 is 30.2 Å². The molecule has 1 fully saturated rings. The van der Waals surface area contributed by atoms with Gasteiger partial charge in [0, 0.05) is 42.9 Å². The highest BCUT2D eigenvalue weighted by Gasteiger charge is 2.19. The summed E-state index contributed by atoms with van der Waals surface area (Å²) in [6.45, 7) is 1.74. The van der Waals surface area contributed by atoms with Crippen LogP contribution in [-0.4, -0.2) is 63.1 Å². The zero-order chi connectivity index (χ0) is 26.8. The number of rotatable bonds is 9. The van der Waals surface area contributed by atoms with E-state index in [1.165, 1.54) is 19.5 Å². The van der Waals surface area contributed by atoms with Crippen LogP contribution in [0.15, 0.2) is 61.3 Å². The molecule has 0 aliphatic carbocycles. The molecule has 1 aliphatic rings. The van der Waals surface area contributed by atoms with Gasteiger partial charge in [-0.3, -0.25) is 0 Å². The molecule has 0 amide bonds. The zero-order valence-corrected chi connectivity index (χ0v) is 21.1. The Labute approximate surface area is 222 Å². The monoisotopic (exact) mass is 529 g/mol. The van der Waals surface area contributed by atoms with Crippen LogP contribution in [0, 0.1) is 5.82 Å². The predicted octanol–water partition coefficient (Wildman–Crippen LogP) is 3.68.